The van der Waals surface area contributed by atoms with Crippen LogP contribution in [0.15, 0.2) is 34.7 Å². The number of hydrogen-bond donors (Lipinski definition) is 1. The second-order valence-corrected chi connectivity index (χ2v) is 5.83. The van der Waals surface area contributed by atoms with E-state index in [1.165, 1.54) is 16.0 Å². The van der Waals surface area contributed by atoms with Crippen LogP contribution in [0.3, 0.4) is 0 Å². The summed E-state index contributed by atoms with van der Waals surface area (Å²) in [5.74, 6) is 0.712. The van der Waals surface area contributed by atoms with Gasteiger partial charge < -0.3 is 5.32 Å². The fourth-order valence-corrected chi connectivity index (χ4v) is 2.14. The topological polar surface area (TPSA) is 12.0 Å². The van der Waals surface area contributed by atoms with Crippen LogP contribution in [0.5, 0.6) is 0 Å². The summed E-state index contributed by atoms with van der Waals surface area (Å²) in [5, 5.41) is 3.51. The van der Waals surface area contributed by atoms with Gasteiger partial charge in [0.15, 0.2) is 0 Å². The first-order valence-electron chi connectivity index (χ1n) is 6.70. The molecule has 0 aliphatic heterocycles. The summed E-state index contributed by atoms with van der Waals surface area (Å²) in [6, 6.07) is 8.77. The van der Waals surface area contributed by atoms with E-state index in [-0.39, 0.29) is 0 Å². The van der Waals surface area contributed by atoms with Gasteiger partial charge in [-0.05, 0) is 42.8 Å². The van der Waals surface area contributed by atoms with E-state index in [9.17, 15) is 0 Å². The van der Waals surface area contributed by atoms with Crippen molar-refractivity contribution >= 4 is 17.8 Å². The SMILES string of the molecule is CCC(=Cc1ccc(SC)cc1)CNCC(C)C. The molecule has 0 saturated heterocycles. The first kappa shape index (κ1) is 15.3. The van der Waals surface area contributed by atoms with Crippen LogP contribution in [0.2, 0.25) is 0 Å². The van der Waals surface area contributed by atoms with E-state index in [4.69, 9.17) is 0 Å². The van der Waals surface area contributed by atoms with Gasteiger partial charge >= 0.3 is 0 Å². The minimum atomic E-state index is 0.712. The lowest BCUT2D eigenvalue weighted by atomic mass is 10.1. The lowest BCUT2D eigenvalue weighted by molar-refractivity contribution is 0.569. The maximum Gasteiger partial charge on any atom is 0.0167 e. The molecule has 0 spiro atoms. The number of hydrogen-bond acceptors (Lipinski definition) is 2. The van der Waals surface area contributed by atoms with Gasteiger partial charge in [0.05, 0.1) is 0 Å². The van der Waals surface area contributed by atoms with Crippen molar-refractivity contribution in [1.82, 2.24) is 5.32 Å². The number of rotatable bonds is 7. The third kappa shape index (κ3) is 5.74. The quantitative estimate of drug-likeness (QED) is 0.730. The highest BCUT2D eigenvalue weighted by Gasteiger charge is 1.98. The van der Waals surface area contributed by atoms with E-state index < -0.39 is 0 Å². The fourth-order valence-electron chi connectivity index (χ4n) is 1.74. The van der Waals surface area contributed by atoms with Crippen molar-refractivity contribution in [2.24, 2.45) is 5.92 Å². The average molecular weight is 263 g/mol. The van der Waals surface area contributed by atoms with E-state index in [2.05, 4.69) is 62.7 Å². The van der Waals surface area contributed by atoms with Crippen molar-refractivity contribution < 1.29 is 0 Å². The molecule has 0 unspecified atom stereocenters. The van der Waals surface area contributed by atoms with E-state index in [1.54, 1.807) is 11.8 Å². The largest absolute Gasteiger partial charge is 0.313 e. The molecule has 0 bridgehead atoms. The van der Waals surface area contributed by atoms with Gasteiger partial charge in [0.2, 0.25) is 0 Å². The predicted molar refractivity (Wildman–Crippen MR) is 84.2 cm³/mol. The highest BCUT2D eigenvalue weighted by molar-refractivity contribution is 7.98. The van der Waals surface area contributed by atoms with Gasteiger partial charge in [-0.2, -0.15) is 0 Å². The van der Waals surface area contributed by atoms with Crippen molar-refractivity contribution in [3.8, 4) is 0 Å². The Kier molecular flexibility index (Phi) is 7.14. The standard InChI is InChI=1S/C16H25NS/c1-5-14(12-17-11-13(2)3)10-15-6-8-16(18-4)9-7-15/h6-10,13,17H,5,11-12H2,1-4H3. The van der Waals surface area contributed by atoms with Crippen LogP contribution in [0, 0.1) is 5.92 Å². The number of benzene rings is 1. The van der Waals surface area contributed by atoms with Gasteiger partial charge in [0.25, 0.3) is 0 Å². The van der Waals surface area contributed by atoms with Crippen LogP contribution in [0.4, 0.5) is 0 Å². The average Bonchev–Trinajstić information content (AvgIpc) is 2.38. The number of thioether (sulfide) groups is 1. The monoisotopic (exact) mass is 263 g/mol. The molecule has 1 aromatic carbocycles. The van der Waals surface area contributed by atoms with Gasteiger partial charge in [0, 0.05) is 11.4 Å². The highest BCUT2D eigenvalue weighted by atomic mass is 32.2. The van der Waals surface area contributed by atoms with Crippen molar-refractivity contribution in [2.45, 2.75) is 32.1 Å². The smallest absolute Gasteiger partial charge is 0.0167 e. The van der Waals surface area contributed by atoms with Crippen LogP contribution < -0.4 is 5.32 Å². The summed E-state index contributed by atoms with van der Waals surface area (Å²) in [7, 11) is 0. The third-order valence-electron chi connectivity index (χ3n) is 2.85. The molecule has 1 nitrogen and oxygen atoms in total. The second-order valence-electron chi connectivity index (χ2n) is 4.95. The predicted octanol–water partition coefficient (Wildman–Crippen LogP) is 4.45. The van der Waals surface area contributed by atoms with Crippen molar-refractivity contribution in [3.63, 3.8) is 0 Å². The van der Waals surface area contributed by atoms with Crippen molar-refractivity contribution in [1.29, 1.82) is 0 Å². The Bertz CT molecular complexity index is 365. The van der Waals surface area contributed by atoms with E-state index >= 15 is 0 Å². The molecule has 18 heavy (non-hydrogen) atoms. The first-order valence-corrected chi connectivity index (χ1v) is 7.92. The summed E-state index contributed by atoms with van der Waals surface area (Å²) < 4.78 is 0. The lowest BCUT2D eigenvalue weighted by Crippen LogP contribution is -2.21. The molecule has 0 heterocycles. The molecule has 1 N–H and O–H groups in total. The normalized spacial score (nSPS) is 12.2. The summed E-state index contributed by atoms with van der Waals surface area (Å²) in [6.07, 6.45) is 5.52. The molecule has 0 aromatic heterocycles. The molecule has 0 aliphatic rings. The molecule has 1 rings (SSSR count). The van der Waals surface area contributed by atoms with Gasteiger partial charge in [-0.25, -0.2) is 0 Å². The van der Waals surface area contributed by atoms with E-state index in [0.717, 1.165) is 19.5 Å². The Morgan fingerprint density at radius 1 is 1.28 bits per heavy atom. The summed E-state index contributed by atoms with van der Waals surface area (Å²) in [6.45, 7) is 8.79. The maximum atomic E-state index is 3.51. The summed E-state index contributed by atoms with van der Waals surface area (Å²) in [4.78, 5) is 1.32. The fraction of sp³-hybridized carbons (Fsp3) is 0.500. The minimum Gasteiger partial charge on any atom is -0.313 e. The molecule has 0 aliphatic carbocycles. The number of nitrogens with one attached hydrogen (secondary N) is 1. The molecule has 0 amide bonds. The highest BCUT2D eigenvalue weighted by Crippen LogP contribution is 2.17. The molecular weight excluding hydrogens is 238 g/mol. The molecule has 0 radical (unpaired) electrons. The van der Waals surface area contributed by atoms with E-state index in [1.807, 2.05) is 0 Å². The van der Waals surface area contributed by atoms with E-state index in [0.29, 0.717) is 5.92 Å². The molecule has 0 saturated carbocycles. The van der Waals surface area contributed by atoms with Crippen molar-refractivity contribution in [3.05, 3.63) is 35.4 Å². The van der Waals surface area contributed by atoms with Gasteiger partial charge in [0.1, 0.15) is 0 Å². The molecule has 2 heteroatoms. The minimum absolute atomic E-state index is 0.712. The van der Waals surface area contributed by atoms with Gasteiger partial charge in [-0.1, -0.05) is 44.6 Å². The molecule has 1 aromatic rings. The van der Waals surface area contributed by atoms with Crippen LogP contribution in [0.1, 0.15) is 32.8 Å². The zero-order valence-corrected chi connectivity index (χ0v) is 12.8. The second kappa shape index (κ2) is 8.39. The molecular formula is C16H25NS. The van der Waals surface area contributed by atoms with Crippen LogP contribution in [-0.2, 0) is 0 Å². The first-order chi connectivity index (χ1) is 8.65. The van der Waals surface area contributed by atoms with Crippen LogP contribution >= 0.6 is 11.8 Å². The molecule has 100 valence electrons. The molecule has 0 fully saturated rings. The Morgan fingerprint density at radius 3 is 2.44 bits per heavy atom. The zero-order chi connectivity index (χ0) is 13.4. The summed E-state index contributed by atoms with van der Waals surface area (Å²) >= 11 is 1.79. The van der Waals surface area contributed by atoms with Gasteiger partial charge in [-0.15, -0.1) is 11.8 Å². The Labute approximate surface area is 116 Å². The zero-order valence-electron chi connectivity index (χ0n) is 12.0. The maximum absolute atomic E-state index is 3.51. The Hall–Kier alpha value is -0.730. The Morgan fingerprint density at radius 2 is 1.94 bits per heavy atom. The Balaban J connectivity index is 2.59. The van der Waals surface area contributed by atoms with Crippen molar-refractivity contribution in [2.75, 3.05) is 19.3 Å². The van der Waals surface area contributed by atoms with Crippen LogP contribution in [0.25, 0.3) is 6.08 Å². The van der Waals surface area contributed by atoms with Gasteiger partial charge in [-0.3, -0.25) is 0 Å². The molecule has 0 atom stereocenters. The lowest BCUT2D eigenvalue weighted by Gasteiger charge is -2.09. The van der Waals surface area contributed by atoms with Crippen LogP contribution in [-0.4, -0.2) is 19.3 Å². The third-order valence-corrected chi connectivity index (χ3v) is 3.59. The summed E-state index contributed by atoms with van der Waals surface area (Å²) in [5.41, 5.74) is 2.77.